The standard InChI is InChI=1S/C13H15NOS/c1-16-7-6-13(9-14)8-11-4-2-3-5-12(11)15-10-13/h2-5H,6-8,10H2,1H3. The Kier molecular flexibility index (Phi) is 3.40. The van der Waals surface area contributed by atoms with E-state index in [4.69, 9.17) is 4.74 Å². The van der Waals surface area contributed by atoms with Crippen LogP contribution in [0.2, 0.25) is 0 Å². The molecule has 1 unspecified atom stereocenters. The topological polar surface area (TPSA) is 33.0 Å². The molecule has 1 aromatic rings. The fourth-order valence-electron chi connectivity index (χ4n) is 2.01. The van der Waals surface area contributed by atoms with E-state index >= 15 is 0 Å². The third-order valence-electron chi connectivity index (χ3n) is 3.03. The first-order valence-corrected chi connectivity index (χ1v) is 6.80. The molecule has 1 aliphatic heterocycles. The molecule has 1 aromatic carbocycles. The van der Waals surface area contributed by atoms with E-state index in [0.717, 1.165) is 29.9 Å². The van der Waals surface area contributed by atoms with Gasteiger partial charge in [0.1, 0.15) is 12.4 Å². The summed E-state index contributed by atoms with van der Waals surface area (Å²) in [5, 5.41) is 9.35. The minimum absolute atomic E-state index is 0.322. The highest BCUT2D eigenvalue weighted by Gasteiger charge is 2.35. The number of rotatable bonds is 3. The van der Waals surface area contributed by atoms with Gasteiger partial charge < -0.3 is 4.74 Å². The Morgan fingerprint density at radius 1 is 1.50 bits per heavy atom. The molecule has 0 spiro atoms. The molecule has 2 nitrogen and oxygen atoms in total. The van der Waals surface area contributed by atoms with Gasteiger partial charge in [0.15, 0.2) is 0 Å². The maximum absolute atomic E-state index is 9.35. The Hall–Kier alpha value is -1.14. The molecule has 0 saturated heterocycles. The molecule has 1 aliphatic rings. The lowest BCUT2D eigenvalue weighted by atomic mass is 9.79. The van der Waals surface area contributed by atoms with Crippen molar-refractivity contribution in [2.24, 2.45) is 5.41 Å². The molecular formula is C13H15NOS. The van der Waals surface area contributed by atoms with Gasteiger partial charge in [-0.3, -0.25) is 0 Å². The van der Waals surface area contributed by atoms with E-state index < -0.39 is 0 Å². The number of para-hydroxylation sites is 1. The summed E-state index contributed by atoms with van der Waals surface area (Å²) >= 11 is 1.78. The predicted octanol–water partition coefficient (Wildman–Crippen LogP) is 2.88. The molecule has 0 aliphatic carbocycles. The van der Waals surface area contributed by atoms with Gasteiger partial charge in [0.25, 0.3) is 0 Å². The molecule has 1 heterocycles. The van der Waals surface area contributed by atoms with Gasteiger partial charge in [-0.15, -0.1) is 0 Å². The number of nitrogens with zero attached hydrogens (tertiary/aromatic N) is 1. The molecule has 0 aromatic heterocycles. The lowest BCUT2D eigenvalue weighted by Crippen LogP contribution is -2.34. The van der Waals surface area contributed by atoms with Crippen LogP contribution in [0.3, 0.4) is 0 Å². The van der Waals surface area contributed by atoms with E-state index in [0.29, 0.717) is 6.61 Å². The van der Waals surface area contributed by atoms with Crippen molar-refractivity contribution in [2.75, 3.05) is 18.6 Å². The second-order valence-electron chi connectivity index (χ2n) is 4.21. The summed E-state index contributed by atoms with van der Waals surface area (Å²) in [6, 6.07) is 10.5. The van der Waals surface area contributed by atoms with Gasteiger partial charge in [-0.2, -0.15) is 17.0 Å². The summed E-state index contributed by atoms with van der Waals surface area (Å²) in [5.41, 5.74) is 0.841. The van der Waals surface area contributed by atoms with E-state index in [9.17, 15) is 5.26 Å². The number of ether oxygens (including phenoxy) is 1. The molecule has 0 N–H and O–H groups in total. The first kappa shape index (κ1) is 11.3. The van der Waals surface area contributed by atoms with E-state index in [2.05, 4.69) is 18.4 Å². The Balaban J connectivity index is 2.19. The van der Waals surface area contributed by atoms with Crippen LogP contribution in [0.5, 0.6) is 5.75 Å². The van der Waals surface area contributed by atoms with Crippen molar-refractivity contribution >= 4 is 11.8 Å². The smallest absolute Gasteiger partial charge is 0.122 e. The van der Waals surface area contributed by atoms with E-state index in [1.807, 2.05) is 18.2 Å². The van der Waals surface area contributed by atoms with E-state index in [1.54, 1.807) is 11.8 Å². The summed E-state index contributed by atoms with van der Waals surface area (Å²) in [5.74, 6) is 1.96. The highest BCUT2D eigenvalue weighted by atomic mass is 32.2. The van der Waals surface area contributed by atoms with Gasteiger partial charge in [-0.25, -0.2) is 0 Å². The number of thioether (sulfide) groups is 1. The van der Waals surface area contributed by atoms with Crippen LogP contribution in [0.15, 0.2) is 24.3 Å². The van der Waals surface area contributed by atoms with Crippen molar-refractivity contribution in [2.45, 2.75) is 12.8 Å². The Bertz CT molecular complexity index is 413. The Morgan fingerprint density at radius 3 is 3.06 bits per heavy atom. The monoisotopic (exact) mass is 233 g/mol. The van der Waals surface area contributed by atoms with Crippen molar-refractivity contribution in [3.05, 3.63) is 29.8 Å². The quantitative estimate of drug-likeness (QED) is 0.804. The molecule has 2 rings (SSSR count). The van der Waals surface area contributed by atoms with Crippen LogP contribution in [0.4, 0.5) is 0 Å². The third kappa shape index (κ3) is 2.17. The van der Waals surface area contributed by atoms with Crippen molar-refractivity contribution in [3.63, 3.8) is 0 Å². The SMILES string of the molecule is CSCCC1(C#N)COc2ccccc2C1. The van der Waals surface area contributed by atoms with Gasteiger partial charge in [0.2, 0.25) is 0 Å². The predicted molar refractivity (Wildman–Crippen MR) is 66.7 cm³/mol. The van der Waals surface area contributed by atoms with Gasteiger partial charge >= 0.3 is 0 Å². The van der Waals surface area contributed by atoms with Crippen LogP contribution < -0.4 is 4.74 Å². The van der Waals surface area contributed by atoms with Crippen molar-refractivity contribution < 1.29 is 4.74 Å². The molecule has 0 bridgehead atoms. The molecule has 3 heteroatoms. The van der Waals surface area contributed by atoms with Gasteiger partial charge in [0.05, 0.1) is 11.5 Å². The van der Waals surface area contributed by atoms with Crippen LogP contribution >= 0.6 is 11.8 Å². The first-order valence-electron chi connectivity index (χ1n) is 5.40. The Labute approximate surface area is 101 Å². The minimum Gasteiger partial charge on any atom is -0.492 e. The van der Waals surface area contributed by atoms with Crippen LogP contribution in [-0.2, 0) is 6.42 Å². The molecule has 16 heavy (non-hydrogen) atoms. The normalized spacial score (nSPS) is 23.0. The van der Waals surface area contributed by atoms with Crippen LogP contribution in [0, 0.1) is 16.7 Å². The summed E-state index contributed by atoms with van der Waals surface area (Å²) in [4.78, 5) is 0. The molecule has 84 valence electrons. The lowest BCUT2D eigenvalue weighted by Gasteiger charge is -2.32. The zero-order chi connectivity index (χ0) is 11.4. The molecule has 0 radical (unpaired) electrons. The second-order valence-corrected chi connectivity index (χ2v) is 5.19. The Morgan fingerprint density at radius 2 is 2.31 bits per heavy atom. The van der Waals surface area contributed by atoms with E-state index in [1.165, 1.54) is 0 Å². The maximum Gasteiger partial charge on any atom is 0.122 e. The number of hydrogen-bond donors (Lipinski definition) is 0. The van der Waals surface area contributed by atoms with Gasteiger partial charge in [-0.05, 0) is 36.5 Å². The highest BCUT2D eigenvalue weighted by Crippen LogP contribution is 2.36. The zero-order valence-electron chi connectivity index (χ0n) is 9.40. The van der Waals surface area contributed by atoms with Crippen molar-refractivity contribution in [1.82, 2.24) is 0 Å². The zero-order valence-corrected chi connectivity index (χ0v) is 10.2. The molecule has 0 fully saturated rings. The molecule has 1 atom stereocenters. The summed E-state index contributed by atoms with van der Waals surface area (Å²) in [6.45, 7) is 0.529. The maximum atomic E-state index is 9.35. The van der Waals surface area contributed by atoms with Gasteiger partial charge in [-0.1, -0.05) is 18.2 Å². The second kappa shape index (κ2) is 4.80. The molecule has 0 saturated carbocycles. The van der Waals surface area contributed by atoms with Crippen LogP contribution in [0.25, 0.3) is 0 Å². The molecular weight excluding hydrogens is 218 g/mol. The fraction of sp³-hybridized carbons (Fsp3) is 0.462. The van der Waals surface area contributed by atoms with Crippen molar-refractivity contribution in [3.8, 4) is 11.8 Å². The summed E-state index contributed by atoms with van der Waals surface area (Å²) < 4.78 is 5.70. The minimum atomic E-state index is -0.322. The largest absolute Gasteiger partial charge is 0.492 e. The average Bonchev–Trinajstić information content (AvgIpc) is 2.36. The lowest BCUT2D eigenvalue weighted by molar-refractivity contribution is 0.166. The third-order valence-corrected chi connectivity index (χ3v) is 3.64. The van der Waals surface area contributed by atoms with Crippen molar-refractivity contribution in [1.29, 1.82) is 5.26 Å². The summed E-state index contributed by atoms with van der Waals surface area (Å²) in [7, 11) is 0. The fourth-order valence-corrected chi connectivity index (χ4v) is 2.60. The van der Waals surface area contributed by atoms with Crippen LogP contribution in [-0.4, -0.2) is 18.6 Å². The molecule has 0 amide bonds. The number of nitriles is 1. The van der Waals surface area contributed by atoms with Crippen LogP contribution in [0.1, 0.15) is 12.0 Å². The average molecular weight is 233 g/mol. The number of benzene rings is 1. The summed E-state index contributed by atoms with van der Waals surface area (Å²) in [6.07, 6.45) is 3.79. The highest BCUT2D eigenvalue weighted by molar-refractivity contribution is 7.98. The number of hydrogen-bond acceptors (Lipinski definition) is 3. The van der Waals surface area contributed by atoms with E-state index in [-0.39, 0.29) is 5.41 Å². The number of fused-ring (bicyclic) bond motifs is 1. The van der Waals surface area contributed by atoms with Gasteiger partial charge in [0, 0.05) is 0 Å². The first-order chi connectivity index (χ1) is 7.79.